The molecule has 1 saturated carbocycles. The van der Waals surface area contributed by atoms with Crippen molar-refractivity contribution in [2.45, 2.75) is 64.9 Å². The van der Waals surface area contributed by atoms with Crippen LogP contribution >= 0.6 is 0 Å². The second-order valence-electron chi connectivity index (χ2n) is 9.50. The third kappa shape index (κ3) is 4.13. The summed E-state index contributed by atoms with van der Waals surface area (Å²) in [7, 11) is 0. The molecule has 2 fully saturated rings. The van der Waals surface area contributed by atoms with E-state index in [4.69, 9.17) is 0 Å². The lowest BCUT2D eigenvalue weighted by Gasteiger charge is -2.42. The molecule has 1 aromatic rings. The number of piperidine rings is 1. The van der Waals surface area contributed by atoms with Gasteiger partial charge in [-0.3, -0.25) is 4.79 Å². The lowest BCUT2D eigenvalue weighted by atomic mass is 9.75. The van der Waals surface area contributed by atoms with Crippen molar-refractivity contribution < 1.29 is 9.90 Å². The van der Waals surface area contributed by atoms with E-state index >= 15 is 0 Å². The Morgan fingerprint density at radius 2 is 1.89 bits per heavy atom. The first-order chi connectivity index (χ1) is 13.5. The molecule has 0 bridgehead atoms. The molecule has 3 aliphatic rings. The highest BCUT2D eigenvalue weighted by atomic mass is 16.3. The van der Waals surface area contributed by atoms with E-state index in [9.17, 15) is 9.90 Å². The average molecular weight is 385 g/mol. The monoisotopic (exact) mass is 384 g/mol. The quantitative estimate of drug-likeness (QED) is 0.847. The van der Waals surface area contributed by atoms with Crippen LogP contribution in [0.3, 0.4) is 0 Å². The molecule has 0 radical (unpaired) electrons. The van der Waals surface area contributed by atoms with Crippen molar-refractivity contribution in [2.75, 3.05) is 31.1 Å². The smallest absolute Gasteiger partial charge is 0.229 e. The van der Waals surface area contributed by atoms with Crippen LogP contribution in [0, 0.1) is 17.8 Å². The minimum Gasteiger partial charge on any atom is -0.387 e. The van der Waals surface area contributed by atoms with E-state index in [0.717, 1.165) is 62.1 Å². The second kappa shape index (κ2) is 8.54. The number of aliphatic hydroxyl groups is 1. The molecule has 0 unspecified atom stereocenters. The lowest BCUT2D eigenvalue weighted by Crippen LogP contribution is -2.43. The van der Waals surface area contributed by atoms with Crippen molar-refractivity contribution in [1.29, 1.82) is 0 Å². The molecule has 1 aromatic carbocycles. The van der Waals surface area contributed by atoms with E-state index in [-0.39, 0.29) is 11.8 Å². The second-order valence-corrected chi connectivity index (χ2v) is 9.50. The highest BCUT2D eigenvalue weighted by molar-refractivity contribution is 5.95. The Hall–Kier alpha value is -1.39. The van der Waals surface area contributed by atoms with Crippen LogP contribution in [0.2, 0.25) is 0 Å². The molecule has 2 aliphatic heterocycles. The summed E-state index contributed by atoms with van der Waals surface area (Å²) in [5, 5.41) is 10.9. The van der Waals surface area contributed by atoms with Gasteiger partial charge in [-0.15, -0.1) is 0 Å². The summed E-state index contributed by atoms with van der Waals surface area (Å²) in [6.07, 6.45) is 8.43. The van der Waals surface area contributed by atoms with Crippen LogP contribution in [0.1, 0.15) is 69.6 Å². The summed E-state index contributed by atoms with van der Waals surface area (Å²) >= 11 is 0. The standard InChI is InChI=1S/C24H36N2O2/c1-17(2)24(28)26-12-5-8-19-14-20(9-10-22(19)26)23(27)16-25-13-11-18-6-3-4-7-21(18)15-25/h9-10,14,17-18,21,23,27H,3-8,11-13,15-16H2,1-2H3/t18-,21-,23-/m1/s1. The summed E-state index contributed by atoms with van der Waals surface area (Å²) < 4.78 is 0. The van der Waals surface area contributed by atoms with E-state index in [1.54, 1.807) is 0 Å². The zero-order valence-corrected chi connectivity index (χ0v) is 17.6. The number of aliphatic hydroxyl groups excluding tert-OH is 1. The van der Waals surface area contributed by atoms with Gasteiger partial charge in [-0.05, 0) is 61.3 Å². The van der Waals surface area contributed by atoms with Crippen molar-refractivity contribution in [2.24, 2.45) is 17.8 Å². The highest BCUT2D eigenvalue weighted by Crippen LogP contribution is 2.37. The number of rotatable bonds is 4. The Morgan fingerprint density at radius 3 is 2.68 bits per heavy atom. The molecule has 1 amide bonds. The van der Waals surface area contributed by atoms with Gasteiger partial charge in [0.15, 0.2) is 0 Å². The molecule has 1 N–H and O–H groups in total. The first kappa shape index (κ1) is 19.9. The number of hydrogen-bond donors (Lipinski definition) is 1. The molecule has 28 heavy (non-hydrogen) atoms. The predicted molar refractivity (Wildman–Crippen MR) is 113 cm³/mol. The third-order valence-electron chi connectivity index (χ3n) is 7.17. The topological polar surface area (TPSA) is 43.8 Å². The number of carbonyl (C=O) groups excluding carboxylic acids is 1. The normalized spacial score (nSPS) is 26.6. The van der Waals surface area contributed by atoms with Gasteiger partial charge in [0.05, 0.1) is 6.10 Å². The van der Waals surface area contributed by atoms with Crippen LogP contribution in [-0.4, -0.2) is 42.1 Å². The molecule has 1 aliphatic carbocycles. The Labute approximate surface area is 169 Å². The maximum absolute atomic E-state index is 12.5. The number of β-amino-alcohol motifs (C(OH)–C–C–N with tert-alkyl or cyclic N) is 1. The van der Waals surface area contributed by atoms with Crippen LogP contribution in [0.4, 0.5) is 5.69 Å². The van der Waals surface area contributed by atoms with Crippen molar-refractivity contribution in [3.8, 4) is 0 Å². The molecule has 1 saturated heterocycles. The molecule has 3 atom stereocenters. The summed E-state index contributed by atoms with van der Waals surface area (Å²) in [5.41, 5.74) is 3.26. The minimum atomic E-state index is -0.443. The van der Waals surface area contributed by atoms with Crippen LogP contribution in [-0.2, 0) is 11.2 Å². The molecule has 154 valence electrons. The SMILES string of the molecule is CC(C)C(=O)N1CCCc2cc([C@H](O)CN3CC[C@H]4CCCC[C@@H]4C3)ccc21. The summed E-state index contributed by atoms with van der Waals surface area (Å²) in [6, 6.07) is 6.23. The number of carbonyl (C=O) groups is 1. The Kier molecular flexibility index (Phi) is 6.07. The fraction of sp³-hybridized carbons (Fsp3) is 0.708. The van der Waals surface area contributed by atoms with Gasteiger partial charge in [0.1, 0.15) is 0 Å². The summed E-state index contributed by atoms with van der Waals surface area (Å²) in [5.74, 6) is 1.98. The summed E-state index contributed by atoms with van der Waals surface area (Å²) in [4.78, 5) is 16.9. The van der Waals surface area contributed by atoms with Gasteiger partial charge in [-0.25, -0.2) is 0 Å². The fourth-order valence-corrected chi connectivity index (χ4v) is 5.56. The first-order valence-corrected chi connectivity index (χ1v) is 11.4. The van der Waals surface area contributed by atoms with Gasteiger partial charge in [0.25, 0.3) is 0 Å². The van der Waals surface area contributed by atoms with Gasteiger partial charge in [0, 0.05) is 31.2 Å². The lowest BCUT2D eigenvalue weighted by molar-refractivity contribution is -0.121. The number of amides is 1. The maximum Gasteiger partial charge on any atom is 0.229 e. The van der Waals surface area contributed by atoms with Crippen LogP contribution in [0.15, 0.2) is 18.2 Å². The van der Waals surface area contributed by atoms with Gasteiger partial charge < -0.3 is 14.9 Å². The molecule has 2 heterocycles. The number of benzene rings is 1. The van der Waals surface area contributed by atoms with E-state index in [1.165, 1.54) is 37.7 Å². The Balaban J connectivity index is 1.42. The van der Waals surface area contributed by atoms with Gasteiger partial charge in [0.2, 0.25) is 5.91 Å². The molecular weight excluding hydrogens is 348 g/mol. The number of nitrogens with zero attached hydrogens (tertiary/aromatic N) is 2. The van der Waals surface area contributed by atoms with E-state index in [2.05, 4.69) is 17.0 Å². The number of fused-ring (bicyclic) bond motifs is 2. The molecule has 4 heteroatoms. The Morgan fingerprint density at radius 1 is 1.11 bits per heavy atom. The molecular formula is C24H36N2O2. The van der Waals surface area contributed by atoms with E-state index in [1.807, 2.05) is 24.8 Å². The third-order valence-corrected chi connectivity index (χ3v) is 7.17. The van der Waals surface area contributed by atoms with Gasteiger partial charge in [-0.2, -0.15) is 0 Å². The zero-order valence-electron chi connectivity index (χ0n) is 17.6. The number of anilines is 1. The minimum absolute atomic E-state index is 0.0129. The number of hydrogen-bond acceptors (Lipinski definition) is 3. The van der Waals surface area contributed by atoms with E-state index in [0.29, 0.717) is 0 Å². The molecule has 4 nitrogen and oxygen atoms in total. The molecule has 4 rings (SSSR count). The average Bonchev–Trinajstić information content (AvgIpc) is 2.72. The Bertz CT molecular complexity index is 702. The van der Waals surface area contributed by atoms with Crippen LogP contribution < -0.4 is 4.90 Å². The largest absolute Gasteiger partial charge is 0.387 e. The van der Waals surface area contributed by atoms with Gasteiger partial charge in [-0.1, -0.05) is 45.2 Å². The van der Waals surface area contributed by atoms with Crippen LogP contribution in [0.25, 0.3) is 0 Å². The molecule has 0 spiro atoms. The highest BCUT2D eigenvalue weighted by Gasteiger charge is 2.32. The first-order valence-electron chi connectivity index (χ1n) is 11.4. The van der Waals surface area contributed by atoms with Crippen molar-refractivity contribution in [1.82, 2.24) is 4.90 Å². The van der Waals surface area contributed by atoms with Gasteiger partial charge >= 0.3 is 0 Å². The number of likely N-dealkylation sites (tertiary alicyclic amines) is 1. The molecule has 0 aromatic heterocycles. The fourth-order valence-electron chi connectivity index (χ4n) is 5.56. The maximum atomic E-state index is 12.5. The predicted octanol–water partition coefficient (Wildman–Crippen LogP) is 4.17. The van der Waals surface area contributed by atoms with Crippen LogP contribution in [0.5, 0.6) is 0 Å². The van der Waals surface area contributed by atoms with Crippen molar-refractivity contribution in [3.05, 3.63) is 29.3 Å². The summed E-state index contributed by atoms with van der Waals surface area (Å²) in [6.45, 7) is 7.75. The van der Waals surface area contributed by atoms with E-state index < -0.39 is 6.10 Å². The van der Waals surface area contributed by atoms with Crippen molar-refractivity contribution >= 4 is 11.6 Å². The number of aryl methyl sites for hydroxylation is 1. The van der Waals surface area contributed by atoms with Crippen molar-refractivity contribution in [3.63, 3.8) is 0 Å². The zero-order chi connectivity index (χ0) is 19.7.